The highest BCUT2D eigenvalue weighted by atomic mass is 35.5. The minimum absolute atomic E-state index is 0.0459. The third-order valence-electron chi connectivity index (χ3n) is 5.43. The highest BCUT2D eigenvalue weighted by molar-refractivity contribution is 6.30. The molecule has 1 heterocycles. The maximum Gasteiger partial charge on any atom is 0.412 e. The molecule has 1 amide bonds. The van der Waals surface area contributed by atoms with Crippen LogP contribution in [0.3, 0.4) is 0 Å². The molecule has 144 valence electrons. The van der Waals surface area contributed by atoms with E-state index in [1.165, 1.54) is 18.4 Å². The van der Waals surface area contributed by atoms with E-state index >= 15 is 0 Å². The highest BCUT2D eigenvalue weighted by Crippen LogP contribution is 2.52. The zero-order chi connectivity index (χ0) is 19.2. The van der Waals surface area contributed by atoms with E-state index in [9.17, 15) is 4.79 Å². The summed E-state index contributed by atoms with van der Waals surface area (Å²) in [7, 11) is 0. The standard InChI is InChI=1S/C21H30ClNO3/c1-19(2,3)26-18(24)23-17(14-25-20(23,4)5)10-11-21(12-13-21)15-6-8-16(22)9-7-15/h6-9,17H,10-14H2,1-5H3/t17-/m0/s1. The van der Waals surface area contributed by atoms with Crippen LogP contribution in [0.4, 0.5) is 4.79 Å². The van der Waals surface area contributed by atoms with E-state index < -0.39 is 11.3 Å². The quantitative estimate of drug-likeness (QED) is 0.690. The number of benzene rings is 1. The molecule has 0 N–H and O–H groups in total. The first kappa shape index (κ1) is 19.5. The van der Waals surface area contributed by atoms with Crippen LogP contribution in [0.25, 0.3) is 0 Å². The summed E-state index contributed by atoms with van der Waals surface area (Å²) in [6.45, 7) is 10.1. The molecule has 4 nitrogen and oxygen atoms in total. The van der Waals surface area contributed by atoms with Crippen LogP contribution < -0.4 is 0 Å². The van der Waals surface area contributed by atoms with Crippen LogP contribution in [0.2, 0.25) is 5.02 Å². The van der Waals surface area contributed by atoms with Crippen molar-refractivity contribution in [3.63, 3.8) is 0 Å². The van der Waals surface area contributed by atoms with Gasteiger partial charge in [0, 0.05) is 5.02 Å². The Balaban J connectivity index is 1.68. The lowest BCUT2D eigenvalue weighted by atomic mass is 9.89. The molecule has 1 aliphatic carbocycles. The zero-order valence-corrected chi connectivity index (χ0v) is 17.2. The van der Waals surface area contributed by atoms with Gasteiger partial charge in [0.2, 0.25) is 0 Å². The number of amides is 1. The fraction of sp³-hybridized carbons (Fsp3) is 0.667. The molecular formula is C21H30ClNO3. The van der Waals surface area contributed by atoms with Crippen LogP contribution in [0, 0.1) is 0 Å². The predicted octanol–water partition coefficient (Wildman–Crippen LogP) is 5.52. The normalized spacial score (nSPS) is 23.8. The summed E-state index contributed by atoms with van der Waals surface area (Å²) in [6.07, 6.45) is 4.04. The monoisotopic (exact) mass is 379 g/mol. The van der Waals surface area contributed by atoms with E-state index in [1.54, 1.807) is 4.90 Å². The molecule has 1 aromatic rings. The lowest BCUT2D eigenvalue weighted by Crippen LogP contribution is -2.50. The molecule has 0 unspecified atom stereocenters. The lowest BCUT2D eigenvalue weighted by molar-refractivity contribution is -0.0627. The number of carbonyl (C=O) groups is 1. The van der Waals surface area contributed by atoms with E-state index in [1.807, 2.05) is 46.8 Å². The van der Waals surface area contributed by atoms with Crippen molar-refractivity contribution in [2.45, 2.75) is 83.1 Å². The third kappa shape index (κ3) is 4.17. The Kier molecular flexibility index (Phi) is 5.04. The van der Waals surface area contributed by atoms with Crippen LogP contribution in [-0.2, 0) is 14.9 Å². The Labute approximate surface area is 161 Å². The van der Waals surface area contributed by atoms with E-state index in [-0.39, 0.29) is 17.6 Å². The smallest absolute Gasteiger partial charge is 0.412 e. The summed E-state index contributed by atoms with van der Waals surface area (Å²) in [6, 6.07) is 8.24. The van der Waals surface area contributed by atoms with Crippen molar-refractivity contribution in [1.82, 2.24) is 4.90 Å². The molecule has 1 saturated carbocycles. The van der Waals surface area contributed by atoms with Gasteiger partial charge in [-0.1, -0.05) is 23.7 Å². The molecule has 1 saturated heterocycles. The average molecular weight is 380 g/mol. The van der Waals surface area contributed by atoms with Gasteiger partial charge >= 0.3 is 6.09 Å². The first-order valence-corrected chi connectivity index (χ1v) is 9.83. The van der Waals surface area contributed by atoms with Crippen LogP contribution >= 0.6 is 11.6 Å². The van der Waals surface area contributed by atoms with Gasteiger partial charge in [-0.3, -0.25) is 4.90 Å². The van der Waals surface area contributed by atoms with Gasteiger partial charge in [0.25, 0.3) is 0 Å². The van der Waals surface area contributed by atoms with Crippen molar-refractivity contribution in [1.29, 1.82) is 0 Å². The minimum atomic E-state index is -0.635. The summed E-state index contributed by atoms with van der Waals surface area (Å²) >= 11 is 6.03. The fourth-order valence-corrected chi connectivity index (χ4v) is 3.98. The van der Waals surface area contributed by atoms with Crippen molar-refractivity contribution in [2.24, 2.45) is 0 Å². The summed E-state index contributed by atoms with van der Waals surface area (Å²) in [5.74, 6) is 0. The van der Waals surface area contributed by atoms with Gasteiger partial charge in [0.15, 0.2) is 0 Å². The van der Waals surface area contributed by atoms with Gasteiger partial charge in [-0.25, -0.2) is 4.79 Å². The first-order valence-electron chi connectivity index (χ1n) is 9.45. The Hall–Kier alpha value is -1.26. The van der Waals surface area contributed by atoms with Crippen LogP contribution in [0.5, 0.6) is 0 Å². The fourth-order valence-electron chi connectivity index (χ4n) is 3.86. The van der Waals surface area contributed by atoms with E-state index in [0.29, 0.717) is 6.61 Å². The molecular weight excluding hydrogens is 350 g/mol. The Morgan fingerprint density at radius 1 is 1.27 bits per heavy atom. The Morgan fingerprint density at radius 2 is 1.88 bits per heavy atom. The topological polar surface area (TPSA) is 38.8 Å². The van der Waals surface area contributed by atoms with E-state index in [0.717, 1.165) is 17.9 Å². The van der Waals surface area contributed by atoms with Gasteiger partial charge in [0.05, 0.1) is 12.6 Å². The molecule has 0 spiro atoms. The second-order valence-corrected chi connectivity index (χ2v) is 9.52. The average Bonchev–Trinajstić information content (AvgIpc) is 3.23. The number of hydrogen-bond donors (Lipinski definition) is 0. The molecule has 1 aromatic carbocycles. The van der Waals surface area contributed by atoms with Crippen molar-refractivity contribution in [3.05, 3.63) is 34.9 Å². The van der Waals surface area contributed by atoms with Gasteiger partial charge in [-0.2, -0.15) is 0 Å². The van der Waals surface area contributed by atoms with Crippen molar-refractivity contribution < 1.29 is 14.3 Å². The maximum atomic E-state index is 12.7. The SMILES string of the molecule is CC(C)(C)OC(=O)N1[C@@H](CCC2(c3ccc(Cl)cc3)CC2)COC1(C)C. The molecule has 1 aliphatic heterocycles. The second kappa shape index (κ2) is 6.72. The number of hydrogen-bond acceptors (Lipinski definition) is 3. The number of carbonyl (C=O) groups excluding carboxylic acids is 1. The molecule has 0 bridgehead atoms. The number of halogens is 1. The third-order valence-corrected chi connectivity index (χ3v) is 5.68. The van der Waals surface area contributed by atoms with Crippen LogP contribution in [-0.4, -0.2) is 35.0 Å². The number of nitrogens with zero attached hydrogens (tertiary/aromatic N) is 1. The van der Waals surface area contributed by atoms with Gasteiger partial charge in [-0.15, -0.1) is 0 Å². The largest absolute Gasteiger partial charge is 0.444 e. The van der Waals surface area contributed by atoms with Gasteiger partial charge < -0.3 is 9.47 Å². The zero-order valence-electron chi connectivity index (χ0n) is 16.5. The van der Waals surface area contributed by atoms with Crippen LogP contribution in [0.1, 0.15) is 65.9 Å². The van der Waals surface area contributed by atoms with Gasteiger partial charge in [-0.05, 0) is 83.4 Å². The first-order chi connectivity index (χ1) is 12.0. The van der Waals surface area contributed by atoms with Crippen molar-refractivity contribution in [3.8, 4) is 0 Å². The Bertz CT molecular complexity index is 659. The van der Waals surface area contributed by atoms with Crippen molar-refractivity contribution in [2.75, 3.05) is 6.61 Å². The summed E-state index contributed by atoms with van der Waals surface area (Å²) in [5.41, 5.74) is 0.436. The Morgan fingerprint density at radius 3 is 2.42 bits per heavy atom. The summed E-state index contributed by atoms with van der Waals surface area (Å²) < 4.78 is 11.5. The number of rotatable bonds is 4. The molecule has 3 rings (SSSR count). The minimum Gasteiger partial charge on any atom is -0.444 e. The lowest BCUT2D eigenvalue weighted by Gasteiger charge is -2.35. The molecule has 2 fully saturated rings. The molecule has 0 radical (unpaired) electrons. The highest BCUT2D eigenvalue weighted by Gasteiger charge is 2.49. The summed E-state index contributed by atoms with van der Waals surface area (Å²) in [5, 5.41) is 0.770. The van der Waals surface area contributed by atoms with Gasteiger partial charge in [0.1, 0.15) is 11.3 Å². The number of ether oxygens (including phenoxy) is 2. The molecule has 1 atom stereocenters. The van der Waals surface area contributed by atoms with E-state index in [4.69, 9.17) is 21.1 Å². The molecule has 26 heavy (non-hydrogen) atoms. The second-order valence-electron chi connectivity index (χ2n) is 9.09. The summed E-state index contributed by atoms with van der Waals surface area (Å²) in [4.78, 5) is 14.5. The molecule has 0 aromatic heterocycles. The molecule has 2 aliphatic rings. The maximum absolute atomic E-state index is 12.7. The van der Waals surface area contributed by atoms with Crippen molar-refractivity contribution >= 4 is 17.7 Å². The molecule has 5 heteroatoms. The predicted molar refractivity (Wildman–Crippen MR) is 103 cm³/mol. The van der Waals surface area contributed by atoms with Crippen LogP contribution in [0.15, 0.2) is 24.3 Å². The van der Waals surface area contributed by atoms with E-state index in [2.05, 4.69) is 12.1 Å².